The summed E-state index contributed by atoms with van der Waals surface area (Å²) in [5.41, 5.74) is 5.63. The van der Waals surface area contributed by atoms with E-state index in [4.69, 9.17) is 10.5 Å². The summed E-state index contributed by atoms with van der Waals surface area (Å²) in [5.74, 6) is 0. The van der Waals surface area contributed by atoms with Crippen LogP contribution in [-0.2, 0) is 4.74 Å². The van der Waals surface area contributed by atoms with Crippen LogP contribution in [0.4, 0.5) is 0 Å². The van der Waals surface area contributed by atoms with Crippen molar-refractivity contribution in [3.05, 3.63) is 0 Å². The van der Waals surface area contributed by atoms with Crippen LogP contribution in [0.5, 0.6) is 0 Å². The van der Waals surface area contributed by atoms with Gasteiger partial charge in [0.1, 0.15) is 5.60 Å². The molecule has 0 aromatic heterocycles. The van der Waals surface area contributed by atoms with E-state index in [9.17, 15) is 5.11 Å². The highest BCUT2D eigenvalue weighted by Gasteiger charge is 2.51. The SMILES string of the molecule is CC1(C)CCC(N)(C2(O)CCCOC2)CC1. The van der Waals surface area contributed by atoms with Crippen LogP contribution in [0, 0.1) is 5.41 Å². The molecule has 0 radical (unpaired) electrons. The fraction of sp³-hybridized carbons (Fsp3) is 1.00. The van der Waals surface area contributed by atoms with Gasteiger partial charge in [0.05, 0.1) is 6.61 Å². The summed E-state index contributed by atoms with van der Waals surface area (Å²) in [5, 5.41) is 10.7. The van der Waals surface area contributed by atoms with Crippen molar-refractivity contribution in [3.63, 3.8) is 0 Å². The molecule has 2 fully saturated rings. The van der Waals surface area contributed by atoms with Crippen molar-refractivity contribution in [1.82, 2.24) is 0 Å². The average molecular weight is 227 g/mol. The summed E-state index contributed by atoms with van der Waals surface area (Å²) in [6.07, 6.45) is 5.76. The lowest BCUT2D eigenvalue weighted by molar-refractivity contribution is -0.142. The Bertz CT molecular complexity index is 247. The Hall–Kier alpha value is -0.120. The molecule has 0 aromatic rings. The Labute approximate surface area is 98.4 Å². The van der Waals surface area contributed by atoms with E-state index in [0.717, 1.165) is 45.1 Å². The quantitative estimate of drug-likeness (QED) is 0.718. The first-order chi connectivity index (χ1) is 7.37. The Morgan fingerprint density at radius 1 is 1.06 bits per heavy atom. The molecular weight excluding hydrogens is 202 g/mol. The van der Waals surface area contributed by atoms with E-state index >= 15 is 0 Å². The number of nitrogens with two attached hydrogens (primary N) is 1. The number of ether oxygens (including phenoxy) is 1. The highest BCUT2D eigenvalue weighted by molar-refractivity contribution is 5.07. The first-order valence-corrected chi connectivity index (χ1v) is 6.46. The molecule has 3 nitrogen and oxygen atoms in total. The highest BCUT2D eigenvalue weighted by Crippen LogP contribution is 2.45. The van der Waals surface area contributed by atoms with Crippen LogP contribution in [0.1, 0.15) is 52.4 Å². The van der Waals surface area contributed by atoms with Crippen molar-refractivity contribution in [3.8, 4) is 0 Å². The van der Waals surface area contributed by atoms with Gasteiger partial charge in [-0.25, -0.2) is 0 Å². The monoisotopic (exact) mass is 227 g/mol. The molecule has 0 bridgehead atoms. The van der Waals surface area contributed by atoms with Crippen LogP contribution in [0.15, 0.2) is 0 Å². The minimum Gasteiger partial charge on any atom is -0.386 e. The van der Waals surface area contributed by atoms with Gasteiger partial charge in [0.2, 0.25) is 0 Å². The molecule has 1 saturated heterocycles. The molecule has 1 aliphatic heterocycles. The lowest BCUT2D eigenvalue weighted by atomic mass is 9.62. The predicted molar refractivity (Wildman–Crippen MR) is 64.2 cm³/mol. The van der Waals surface area contributed by atoms with Crippen molar-refractivity contribution < 1.29 is 9.84 Å². The number of hydrogen-bond acceptors (Lipinski definition) is 3. The van der Waals surface area contributed by atoms with Crippen molar-refractivity contribution in [2.24, 2.45) is 11.1 Å². The fourth-order valence-electron chi connectivity index (χ4n) is 3.01. The normalized spacial score (nSPS) is 38.2. The van der Waals surface area contributed by atoms with Crippen molar-refractivity contribution in [2.75, 3.05) is 13.2 Å². The van der Waals surface area contributed by atoms with Gasteiger partial charge in [-0.05, 0) is 43.9 Å². The predicted octanol–water partition coefficient (Wildman–Crippen LogP) is 1.83. The van der Waals surface area contributed by atoms with E-state index in [1.165, 1.54) is 0 Å². The molecule has 3 heteroatoms. The molecule has 1 aliphatic carbocycles. The summed E-state index contributed by atoms with van der Waals surface area (Å²) in [7, 11) is 0. The Morgan fingerprint density at radius 3 is 2.19 bits per heavy atom. The smallest absolute Gasteiger partial charge is 0.106 e. The summed E-state index contributed by atoms with van der Waals surface area (Å²) in [4.78, 5) is 0. The van der Waals surface area contributed by atoms with Crippen LogP contribution < -0.4 is 5.73 Å². The van der Waals surface area contributed by atoms with E-state index in [1.807, 2.05) is 0 Å². The van der Waals surface area contributed by atoms with Gasteiger partial charge in [0, 0.05) is 12.1 Å². The van der Waals surface area contributed by atoms with Crippen LogP contribution in [-0.4, -0.2) is 29.5 Å². The lowest BCUT2D eigenvalue weighted by Gasteiger charge is -2.51. The third-order valence-electron chi connectivity index (χ3n) is 4.64. The van der Waals surface area contributed by atoms with Gasteiger partial charge in [-0.1, -0.05) is 13.8 Å². The maximum absolute atomic E-state index is 10.7. The number of rotatable bonds is 1. The molecule has 1 unspecified atom stereocenters. The molecule has 0 amide bonds. The molecule has 2 rings (SSSR count). The van der Waals surface area contributed by atoms with Gasteiger partial charge in [-0.2, -0.15) is 0 Å². The van der Waals surface area contributed by atoms with Gasteiger partial charge < -0.3 is 15.6 Å². The third kappa shape index (κ3) is 2.13. The zero-order chi connectivity index (χ0) is 11.9. The average Bonchev–Trinajstić information content (AvgIpc) is 2.24. The molecule has 94 valence electrons. The van der Waals surface area contributed by atoms with Gasteiger partial charge in [0.15, 0.2) is 0 Å². The van der Waals surface area contributed by atoms with E-state index in [-0.39, 0.29) is 0 Å². The van der Waals surface area contributed by atoms with Gasteiger partial charge >= 0.3 is 0 Å². The van der Waals surface area contributed by atoms with Gasteiger partial charge in [0.25, 0.3) is 0 Å². The minimum absolute atomic E-state index is 0.384. The first kappa shape index (κ1) is 12.3. The summed E-state index contributed by atoms with van der Waals surface area (Å²) >= 11 is 0. The fourth-order valence-corrected chi connectivity index (χ4v) is 3.01. The number of aliphatic hydroxyl groups is 1. The molecule has 1 saturated carbocycles. The summed E-state index contributed by atoms with van der Waals surface area (Å²) in [6.45, 7) is 5.76. The van der Waals surface area contributed by atoms with Crippen LogP contribution in [0.2, 0.25) is 0 Å². The maximum atomic E-state index is 10.7. The largest absolute Gasteiger partial charge is 0.386 e. The zero-order valence-corrected chi connectivity index (χ0v) is 10.6. The molecule has 1 atom stereocenters. The Morgan fingerprint density at radius 2 is 1.69 bits per heavy atom. The molecule has 0 aromatic carbocycles. The first-order valence-electron chi connectivity index (χ1n) is 6.46. The Balaban J connectivity index is 2.07. The van der Waals surface area contributed by atoms with Crippen LogP contribution in [0.25, 0.3) is 0 Å². The van der Waals surface area contributed by atoms with E-state index in [1.54, 1.807) is 0 Å². The summed E-state index contributed by atoms with van der Waals surface area (Å²) in [6, 6.07) is 0. The Kier molecular flexibility index (Phi) is 3.06. The molecule has 16 heavy (non-hydrogen) atoms. The topological polar surface area (TPSA) is 55.5 Å². The van der Waals surface area contributed by atoms with Crippen molar-refractivity contribution >= 4 is 0 Å². The second-order valence-corrected chi connectivity index (χ2v) is 6.51. The second-order valence-electron chi connectivity index (χ2n) is 6.51. The van der Waals surface area contributed by atoms with Gasteiger partial charge in [-0.3, -0.25) is 0 Å². The minimum atomic E-state index is -0.790. The van der Waals surface area contributed by atoms with Gasteiger partial charge in [-0.15, -0.1) is 0 Å². The maximum Gasteiger partial charge on any atom is 0.106 e. The molecule has 1 heterocycles. The van der Waals surface area contributed by atoms with E-state index in [0.29, 0.717) is 12.0 Å². The third-order valence-corrected chi connectivity index (χ3v) is 4.64. The highest BCUT2D eigenvalue weighted by atomic mass is 16.5. The number of hydrogen-bond donors (Lipinski definition) is 2. The molecule has 3 N–H and O–H groups in total. The second kappa shape index (κ2) is 3.97. The molecule has 2 aliphatic rings. The zero-order valence-electron chi connectivity index (χ0n) is 10.6. The standard InChI is InChI=1S/C13H25NO2/c1-11(2)5-7-12(14,8-6-11)13(15)4-3-9-16-10-13/h15H,3-10,14H2,1-2H3. The van der Waals surface area contributed by atoms with Crippen molar-refractivity contribution in [2.45, 2.75) is 63.5 Å². The van der Waals surface area contributed by atoms with E-state index in [2.05, 4.69) is 13.8 Å². The lowest BCUT2D eigenvalue weighted by Crippen LogP contribution is -2.65. The van der Waals surface area contributed by atoms with Crippen LogP contribution >= 0.6 is 0 Å². The molecule has 0 spiro atoms. The molecular formula is C13H25NO2. The van der Waals surface area contributed by atoms with Crippen molar-refractivity contribution in [1.29, 1.82) is 0 Å². The van der Waals surface area contributed by atoms with Crippen LogP contribution in [0.3, 0.4) is 0 Å². The van der Waals surface area contributed by atoms with E-state index < -0.39 is 11.1 Å². The summed E-state index contributed by atoms with van der Waals surface area (Å²) < 4.78 is 5.43.